The molecule has 2 aliphatic heterocycles. The largest absolute Gasteiger partial charge is 0.381 e. The second-order valence-corrected chi connectivity index (χ2v) is 6.29. The van der Waals surface area contributed by atoms with Crippen LogP contribution in [0.5, 0.6) is 0 Å². The molecule has 4 nitrogen and oxygen atoms in total. The summed E-state index contributed by atoms with van der Waals surface area (Å²) in [4.78, 5) is 0. The molecule has 0 amide bonds. The molecule has 0 saturated carbocycles. The first-order chi connectivity index (χ1) is 6.16. The van der Waals surface area contributed by atoms with Gasteiger partial charge in [-0.25, -0.2) is 8.42 Å². The number of ether oxygens (including phenoxy) is 1. The van der Waals surface area contributed by atoms with Crippen LogP contribution in [0.4, 0.5) is 0 Å². The summed E-state index contributed by atoms with van der Waals surface area (Å²) in [6.07, 6.45) is 1.31. The highest BCUT2D eigenvalue weighted by atomic mass is 35.5. The lowest BCUT2D eigenvalue weighted by atomic mass is 9.99. The Morgan fingerprint density at radius 2 is 1.86 bits per heavy atom. The minimum Gasteiger partial charge on any atom is -0.381 e. The van der Waals surface area contributed by atoms with Gasteiger partial charge in [-0.2, -0.15) is 0 Å². The molecule has 2 aliphatic rings. The van der Waals surface area contributed by atoms with E-state index in [1.54, 1.807) is 0 Å². The Bertz CT molecular complexity index is 277. The Kier molecular flexibility index (Phi) is 3.80. The Balaban J connectivity index is 0.000000980. The van der Waals surface area contributed by atoms with Gasteiger partial charge in [-0.1, -0.05) is 0 Å². The zero-order valence-electron chi connectivity index (χ0n) is 7.99. The van der Waals surface area contributed by atoms with Gasteiger partial charge in [0.1, 0.15) is 0 Å². The first-order valence-electron chi connectivity index (χ1n) is 4.67. The Morgan fingerprint density at radius 1 is 1.21 bits per heavy atom. The third-order valence-electron chi connectivity index (χ3n) is 3.06. The van der Waals surface area contributed by atoms with Crippen LogP contribution in [0.3, 0.4) is 0 Å². The molecule has 0 radical (unpaired) electrons. The van der Waals surface area contributed by atoms with Crippen LogP contribution in [0.2, 0.25) is 0 Å². The average molecular weight is 242 g/mol. The summed E-state index contributed by atoms with van der Waals surface area (Å²) in [5.41, 5.74) is 0. The van der Waals surface area contributed by atoms with Crippen molar-refractivity contribution in [2.75, 3.05) is 32.1 Å². The van der Waals surface area contributed by atoms with Gasteiger partial charge in [0.15, 0.2) is 9.84 Å². The molecule has 0 aliphatic carbocycles. The van der Waals surface area contributed by atoms with Crippen molar-refractivity contribution in [3.63, 3.8) is 0 Å². The maximum atomic E-state index is 11.9. The van der Waals surface area contributed by atoms with Crippen LogP contribution in [0.25, 0.3) is 0 Å². The van der Waals surface area contributed by atoms with Crippen LogP contribution in [0.1, 0.15) is 12.8 Å². The summed E-state index contributed by atoms with van der Waals surface area (Å²) in [7, 11) is -2.89. The van der Waals surface area contributed by atoms with Gasteiger partial charge in [-0.15, -0.1) is 12.4 Å². The third kappa shape index (κ3) is 1.91. The van der Waals surface area contributed by atoms with Crippen molar-refractivity contribution in [2.45, 2.75) is 17.6 Å². The lowest BCUT2D eigenvalue weighted by Gasteiger charge is -2.39. The minimum absolute atomic E-state index is 0. The summed E-state index contributed by atoms with van der Waals surface area (Å²) in [5, 5.41) is 3.17. The van der Waals surface area contributed by atoms with Crippen LogP contribution in [-0.4, -0.2) is 45.2 Å². The molecule has 2 rings (SSSR count). The number of nitrogens with one attached hydrogen (secondary N) is 1. The first-order valence-corrected chi connectivity index (χ1v) is 6.32. The maximum Gasteiger partial charge on any atom is 0.158 e. The zero-order chi connectivity index (χ0) is 9.36. The van der Waals surface area contributed by atoms with Gasteiger partial charge in [0.2, 0.25) is 0 Å². The van der Waals surface area contributed by atoms with E-state index >= 15 is 0 Å². The molecule has 2 saturated heterocycles. The molecule has 2 fully saturated rings. The van der Waals surface area contributed by atoms with Crippen LogP contribution in [0.15, 0.2) is 0 Å². The Hall–Kier alpha value is 0.160. The molecule has 0 aromatic rings. The van der Waals surface area contributed by atoms with Crippen LogP contribution in [0, 0.1) is 0 Å². The van der Waals surface area contributed by atoms with E-state index < -0.39 is 14.6 Å². The predicted octanol–water partition coefficient (Wildman–Crippen LogP) is -0.0246. The van der Waals surface area contributed by atoms with Gasteiger partial charge in [-0.05, 0) is 12.8 Å². The van der Waals surface area contributed by atoms with Gasteiger partial charge in [-0.3, -0.25) is 0 Å². The Labute approximate surface area is 90.7 Å². The van der Waals surface area contributed by atoms with Crippen LogP contribution < -0.4 is 5.32 Å². The molecule has 0 unspecified atom stereocenters. The first kappa shape index (κ1) is 12.2. The molecule has 0 atom stereocenters. The highest BCUT2D eigenvalue weighted by Crippen LogP contribution is 2.31. The van der Waals surface area contributed by atoms with Gasteiger partial charge < -0.3 is 10.1 Å². The molecular formula is C8H16ClNO3S. The van der Waals surface area contributed by atoms with Gasteiger partial charge >= 0.3 is 0 Å². The second-order valence-electron chi connectivity index (χ2n) is 3.79. The number of halogens is 1. The van der Waals surface area contributed by atoms with E-state index in [1.165, 1.54) is 0 Å². The molecular weight excluding hydrogens is 226 g/mol. The SMILES string of the molecule is Cl.O=S1(=O)CCNCC12CCOCC2. The van der Waals surface area contributed by atoms with Crippen molar-refractivity contribution in [2.24, 2.45) is 0 Å². The smallest absolute Gasteiger partial charge is 0.158 e. The predicted molar refractivity (Wildman–Crippen MR) is 56.7 cm³/mol. The molecule has 0 bridgehead atoms. The zero-order valence-corrected chi connectivity index (χ0v) is 9.62. The topological polar surface area (TPSA) is 55.4 Å². The lowest BCUT2D eigenvalue weighted by molar-refractivity contribution is 0.0734. The molecule has 6 heteroatoms. The fourth-order valence-corrected chi connectivity index (χ4v) is 4.04. The van der Waals surface area contributed by atoms with E-state index in [1.807, 2.05) is 0 Å². The van der Waals surface area contributed by atoms with Crippen molar-refractivity contribution in [1.29, 1.82) is 0 Å². The van der Waals surface area contributed by atoms with Crippen molar-refractivity contribution >= 4 is 22.2 Å². The quantitative estimate of drug-likeness (QED) is 0.648. The minimum atomic E-state index is -2.89. The summed E-state index contributed by atoms with van der Waals surface area (Å²) in [5.74, 6) is 0.285. The highest BCUT2D eigenvalue weighted by molar-refractivity contribution is 7.92. The van der Waals surface area contributed by atoms with E-state index in [9.17, 15) is 8.42 Å². The summed E-state index contributed by atoms with van der Waals surface area (Å²) >= 11 is 0. The number of sulfone groups is 1. The lowest BCUT2D eigenvalue weighted by Crippen LogP contribution is -2.57. The van der Waals surface area contributed by atoms with Crippen molar-refractivity contribution in [3.05, 3.63) is 0 Å². The fraction of sp³-hybridized carbons (Fsp3) is 1.00. The molecule has 84 valence electrons. The fourth-order valence-electron chi connectivity index (χ4n) is 2.08. The van der Waals surface area contributed by atoms with Gasteiger partial charge in [0.25, 0.3) is 0 Å². The van der Waals surface area contributed by atoms with Crippen molar-refractivity contribution in [3.8, 4) is 0 Å². The third-order valence-corrected chi connectivity index (χ3v) is 5.67. The molecule has 1 spiro atoms. The van der Waals surface area contributed by atoms with E-state index in [0.29, 0.717) is 39.1 Å². The monoisotopic (exact) mass is 241 g/mol. The summed E-state index contributed by atoms with van der Waals surface area (Å²) in [6, 6.07) is 0. The van der Waals surface area contributed by atoms with Crippen molar-refractivity contribution < 1.29 is 13.2 Å². The number of hydrogen-bond acceptors (Lipinski definition) is 4. The van der Waals surface area contributed by atoms with E-state index in [0.717, 1.165) is 0 Å². The summed E-state index contributed by atoms with van der Waals surface area (Å²) in [6.45, 7) is 2.38. The summed E-state index contributed by atoms with van der Waals surface area (Å²) < 4.78 is 28.4. The van der Waals surface area contributed by atoms with Gasteiger partial charge in [0, 0.05) is 26.3 Å². The van der Waals surface area contributed by atoms with Crippen LogP contribution in [-0.2, 0) is 14.6 Å². The molecule has 14 heavy (non-hydrogen) atoms. The Morgan fingerprint density at radius 3 is 2.43 bits per heavy atom. The van der Waals surface area contributed by atoms with E-state index in [4.69, 9.17) is 4.74 Å². The van der Waals surface area contributed by atoms with E-state index in [2.05, 4.69) is 5.32 Å². The molecule has 1 N–H and O–H groups in total. The van der Waals surface area contributed by atoms with Crippen molar-refractivity contribution in [1.82, 2.24) is 5.32 Å². The standard InChI is InChI=1S/C8H15NO3S.ClH/c10-13(11)6-3-9-7-8(13)1-4-12-5-2-8;/h9H,1-7H2;1H. The number of rotatable bonds is 0. The number of hydrogen-bond donors (Lipinski definition) is 1. The molecule has 0 aromatic carbocycles. The second kappa shape index (κ2) is 4.35. The molecule has 0 aromatic heterocycles. The normalized spacial score (nSPS) is 29.4. The maximum absolute atomic E-state index is 11.9. The van der Waals surface area contributed by atoms with Gasteiger partial charge in [0.05, 0.1) is 10.5 Å². The molecule has 2 heterocycles. The highest BCUT2D eigenvalue weighted by Gasteiger charge is 2.46. The average Bonchev–Trinajstić information content (AvgIpc) is 2.12. The van der Waals surface area contributed by atoms with E-state index in [-0.39, 0.29) is 18.2 Å². The van der Waals surface area contributed by atoms with Crippen LogP contribution >= 0.6 is 12.4 Å².